The van der Waals surface area contributed by atoms with E-state index >= 15 is 0 Å². The van der Waals surface area contributed by atoms with Gasteiger partial charge in [0, 0.05) is 0 Å². The van der Waals surface area contributed by atoms with Gasteiger partial charge in [0.2, 0.25) is 11.1 Å². The number of nitrogen functional groups attached to an aromatic ring is 1. The number of alkyl halides is 3. The number of aromatic nitrogens is 3. The zero-order valence-electron chi connectivity index (χ0n) is 16.5. The number of hydrogen-bond acceptors (Lipinski definition) is 10. The van der Waals surface area contributed by atoms with Crippen LogP contribution in [-0.4, -0.2) is 51.7 Å². The van der Waals surface area contributed by atoms with Crippen LogP contribution in [0.3, 0.4) is 0 Å². The maximum absolute atomic E-state index is 12.7. The van der Waals surface area contributed by atoms with Gasteiger partial charge in [0.05, 0.1) is 24.5 Å². The second kappa shape index (κ2) is 10.00. The lowest BCUT2D eigenvalue weighted by atomic mass is 10.1. The van der Waals surface area contributed by atoms with Crippen LogP contribution in [0.2, 0.25) is 0 Å². The monoisotopic (exact) mass is 481 g/mol. The van der Waals surface area contributed by atoms with Crippen molar-refractivity contribution in [2.24, 2.45) is 0 Å². The quantitative estimate of drug-likeness (QED) is 0.331. The molecule has 10 nitrogen and oxygen atoms in total. The fourth-order valence-corrected chi connectivity index (χ4v) is 4.06. The first kappa shape index (κ1) is 24.5. The number of carbonyl (C=O) groups is 3. The fraction of sp³-hybridized carbons (Fsp3) is 0.438. The Hall–Kier alpha value is -2.81. The Morgan fingerprint density at radius 2 is 1.77 bits per heavy atom. The van der Waals surface area contributed by atoms with Crippen molar-refractivity contribution >= 4 is 45.9 Å². The molecule has 0 spiro atoms. The number of hydrogen-bond donors (Lipinski definition) is 2. The predicted molar refractivity (Wildman–Crippen MR) is 105 cm³/mol. The number of esters is 2. The zero-order valence-corrected chi connectivity index (χ0v) is 18.2. The van der Waals surface area contributed by atoms with Crippen LogP contribution in [0.5, 0.6) is 0 Å². The Morgan fingerprint density at radius 3 is 2.32 bits per heavy atom. The van der Waals surface area contributed by atoms with E-state index in [2.05, 4.69) is 15.5 Å². The van der Waals surface area contributed by atoms with Crippen LogP contribution in [0, 0.1) is 6.92 Å². The van der Waals surface area contributed by atoms with E-state index in [1.807, 2.05) is 0 Å². The molecule has 2 heterocycles. The van der Waals surface area contributed by atoms with Gasteiger partial charge in [-0.1, -0.05) is 11.8 Å². The lowest BCUT2D eigenvalue weighted by Gasteiger charge is -2.07. The number of nitrogens with two attached hydrogens (primary N) is 1. The molecule has 2 rings (SSSR count). The molecule has 31 heavy (non-hydrogen) atoms. The van der Waals surface area contributed by atoms with E-state index in [-0.39, 0.29) is 49.8 Å². The lowest BCUT2D eigenvalue weighted by Crippen LogP contribution is -2.22. The Bertz CT molecular complexity index is 989. The molecule has 0 saturated carbocycles. The van der Waals surface area contributed by atoms with Gasteiger partial charge in [-0.3, -0.25) is 4.79 Å². The second-order valence-electron chi connectivity index (χ2n) is 5.71. The van der Waals surface area contributed by atoms with Crippen LogP contribution in [-0.2, 0) is 20.4 Å². The van der Waals surface area contributed by atoms with E-state index in [0.29, 0.717) is 11.8 Å². The van der Waals surface area contributed by atoms with Gasteiger partial charge in [-0.15, -0.1) is 21.5 Å². The number of rotatable bonds is 8. The van der Waals surface area contributed by atoms with E-state index in [1.54, 1.807) is 13.8 Å². The van der Waals surface area contributed by atoms with Crippen molar-refractivity contribution < 1.29 is 37.0 Å². The Labute approximate surface area is 182 Å². The summed E-state index contributed by atoms with van der Waals surface area (Å²) in [6.07, 6.45) is -4.80. The topological polar surface area (TPSA) is 138 Å². The second-order valence-corrected chi connectivity index (χ2v) is 7.68. The maximum atomic E-state index is 12.7. The highest BCUT2D eigenvalue weighted by Gasteiger charge is 2.38. The summed E-state index contributed by atoms with van der Waals surface area (Å²) in [7, 11) is 0. The van der Waals surface area contributed by atoms with E-state index < -0.39 is 29.8 Å². The Kier molecular flexibility index (Phi) is 7.89. The molecule has 1 amide bonds. The fourth-order valence-electron chi connectivity index (χ4n) is 2.30. The normalized spacial score (nSPS) is 11.3. The summed E-state index contributed by atoms with van der Waals surface area (Å²) in [5.74, 6) is 1.44. The molecule has 0 aliphatic rings. The number of thioether (sulfide) groups is 1. The summed E-state index contributed by atoms with van der Waals surface area (Å²) < 4.78 is 48.3. The highest BCUT2D eigenvalue weighted by Crippen LogP contribution is 2.35. The number of nitrogens with one attached hydrogen (secondary N) is 1. The Morgan fingerprint density at radius 1 is 1.16 bits per heavy atom. The molecular formula is C16H18F3N5O5S2. The van der Waals surface area contributed by atoms with Crippen LogP contribution in [0.1, 0.15) is 45.3 Å². The van der Waals surface area contributed by atoms with Gasteiger partial charge in [0.15, 0.2) is 0 Å². The summed E-state index contributed by atoms with van der Waals surface area (Å²) in [6.45, 7) is 4.91. The molecule has 0 aliphatic carbocycles. The third-order valence-electron chi connectivity index (χ3n) is 3.59. The van der Waals surface area contributed by atoms with Crippen molar-refractivity contribution in [3.8, 4) is 0 Å². The number of amides is 1. The van der Waals surface area contributed by atoms with Gasteiger partial charge in [0.1, 0.15) is 9.88 Å². The van der Waals surface area contributed by atoms with E-state index in [9.17, 15) is 27.6 Å². The maximum Gasteiger partial charge on any atom is 0.453 e. The third-order valence-corrected chi connectivity index (χ3v) is 5.72. The molecule has 3 N–H and O–H groups in total. The van der Waals surface area contributed by atoms with Gasteiger partial charge >= 0.3 is 18.1 Å². The minimum atomic E-state index is -4.80. The van der Waals surface area contributed by atoms with Crippen LogP contribution >= 0.6 is 23.1 Å². The zero-order chi connectivity index (χ0) is 23.3. The molecule has 0 aromatic carbocycles. The molecule has 170 valence electrons. The van der Waals surface area contributed by atoms with Gasteiger partial charge in [0.25, 0.3) is 5.82 Å². The number of nitrogens with zero attached hydrogens (tertiary/aromatic N) is 3. The van der Waals surface area contributed by atoms with Crippen molar-refractivity contribution in [1.29, 1.82) is 0 Å². The molecule has 0 radical (unpaired) electrons. The molecule has 0 fully saturated rings. The first-order chi connectivity index (χ1) is 14.5. The molecule has 0 atom stereocenters. The SMILES string of the molecule is CCOC(=O)c1sc(NC(=O)CSc2nnc(C(F)(F)F)n2N)c(C(=O)OCC)c1C. The van der Waals surface area contributed by atoms with Gasteiger partial charge in [-0.25, -0.2) is 14.3 Å². The molecule has 0 saturated heterocycles. The van der Waals surface area contributed by atoms with E-state index in [0.717, 1.165) is 11.3 Å². The standard InChI is InChI=1S/C16H18F3N5O5S2/c1-4-28-12(26)9-7(3)10(13(27)29-5-2)31-11(9)21-8(25)6-30-15-23-22-14(24(15)20)16(17,18)19/h4-6,20H2,1-3H3,(H,21,25). The summed E-state index contributed by atoms with van der Waals surface area (Å²) in [5, 5.41) is 8.45. The summed E-state index contributed by atoms with van der Waals surface area (Å²) >= 11 is 1.44. The van der Waals surface area contributed by atoms with Crippen molar-refractivity contribution in [2.45, 2.75) is 32.1 Å². The smallest absolute Gasteiger partial charge is 0.453 e. The van der Waals surface area contributed by atoms with Crippen molar-refractivity contribution in [1.82, 2.24) is 14.9 Å². The number of ether oxygens (including phenoxy) is 2. The van der Waals surface area contributed by atoms with E-state index in [1.165, 1.54) is 6.92 Å². The third kappa shape index (κ3) is 5.66. The highest BCUT2D eigenvalue weighted by molar-refractivity contribution is 7.99. The Balaban J connectivity index is 2.20. The van der Waals surface area contributed by atoms with Crippen molar-refractivity contribution in [3.05, 3.63) is 21.8 Å². The van der Waals surface area contributed by atoms with Gasteiger partial charge in [-0.05, 0) is 26.3 Å². The average molecular weight is 481 g/mol. The van der Waals surface area contributed by atoms with Crippen molar-refractivity contribution in [2.75, 3.05) is 30.1 Å². The van der Waals surface area contributed by atoms with Crippen LogP contribution < -0.4 is 11.2 Å². The minimum absolute atomic E-state index is 0.00500. The van der Waals surface area contributed by atoms with Crippen LogP contribution in [0.25, 0.3) is 0 Å². The molecular weight excluding hydrogens is 463 g/mol. The molecule has 0 unspecified atom stereocenters. The lowest BCUT2D eigenvalue weighted by molar-refractivity contribution is -0.146. The van der Waals surface area contributed by atoms with Crippen molar-refractivity contribution in [3.63, 3.8) is 0 Å². The average Bonchev–Trinajstić information content (AvgIpc) is 3.20. The first-order valence-corrected chi connectivity index (χ1v) is 10.5. The number of thiophene rings is 1. The molecule has 15 heteroatoms. The molecule has 0 bridgehead atoms. The summed E-state index contributed by atoms with van der Waals surface area (Å²) in [5.41, 5.74) is 0.274. The molecule has 2 aromatic rings. The predicted octanol–water partition coefficient (Wildman–Crippen LogP) is 2.46. The number of anilines is 1. The molecule has 0 aliphatic heterocycles. The first-order valence-electron chi connectivity index (χ1n) is 8.69. The van der Waals surface area contributed by atoms with Gasteiger partial charge < -0.3 is 20.6 Å². The number of halogens is 3. The summed E-state index contributed by atoms with van der Waals surface area (Å²) in [4.78, 5) is 36.9. The largest absolute Gasteiger partial charge is 0.462 e. The van der Waals surface area contributed by atoms with E-state index in [4.69, 9.17) is 15.3 Å². The van der Waals surface area contributed by atoms with Crippen LogP contribution in [0.4, 0.5) is 18.2 Å². The summed E-state index contributed by atoms with van der Waals surface area (Å²) in [6, 6.07) is 0. The van der Waals surface area contributed by atoms with Crippen LogP contribution in [0.15, 0.2) is 5.16 Å². The molecule has 2 aromatic heterocycles. The highest BCUT2D eigenvalue weighted by atomic mass is 32.2. The number of carbonyl (C=O) groups excluding carboxylic acids is 3. The van der Waals surface area contributed by atoms with Gasteiger partial charge in [-0.2, -0.15) is 13.2 Å². The minimum Gasteiger partial charge on any atom is -0.462 e.